The summed E-state index contributed by atoms with van der Waals surface area (Å²) in [5.41, 5.74) is 2.86. The Morgan fingerprint density at radius 3 is 2.79 bits per heavy atom. The largest absolute Gasteiger partial charge is 0.495 e. The van der Waals surface area contributed by atoms with E-state index in [9.17, 15) is 0 Å². The Hall–Kier alpha value is -1.71. The average Bonchev–Trinajstić information content (AvgIpc) is 2.84. The zero-order valence-corrected chi connectivity index (χ0v) is 11.6. The number of fused-ring (bicyclic) bond motifs is 1. The number of hydrogen-bond acceptors (Lipinski definition) is 2. The summed E-state index contributed by atoms with van der Waals surface area (Å²) in [6, 6.07) is 7.60. The lowest BCUT2D eigenvalue weighted by Crippen LogP contribution is -1.84. The fourth-order valence-electron chi connectivity index (χ4n) is 2.09. The van der Waals surface area contributed by atoms with Crippen molar-refractivity contribution in [1.82, 2.24) is 9.97 Å². The number of rotatable bonds is 2. The minimum atomic E-state index is 0.461. The van der Waals surface area contributed by atoms with Gasteiger partial charge in [-0.2, -0.15) is 0 Å². The van der Waals surface area contributed by atoms with Crippen molar-refractivity contribution in [2.45, 2.75) is 0 Å². The number of aromatic nitrogens is 2. The van der Waals surface area contributed by atoms with Gasteiger partial charge in [-0.1, -0.05) is 29.3 Å². The molecule has 19 heavy (non-hydrogen) atoms. The van der Waals surface area contributed by atoms with Crippen LogP contribution in [0, 0.1) is 0 Å². The van der Waals surface area contributed by atoms with Crippen molar-refractivity contribution in [3.8, 4) is 16.9 Å². The first-order chi connectivity index (χ1) is 9.20. The van der Waals surface area contributed by atoms with Crippen LogP contribution >= 0.6 is 23.2 Å². The summed E-state index contributed by atoms with van der Waals surface area (Å²) in [7, 11) is 1.60. The number of nitrogens with zero attached hydrogens (tertiary/aromatic N) is 1. The number of H-pyrrole nitrogens is 1. The van der Waals surface area contributed by atoms with E-state index in [2.05, 4.69) is 9.97 Å². The molecule has 0 aliphatic rings. The van der Waals surface area contributed by atoms with E-state index >= 15 is 0 Å². The van der Waals surface area contributed by atoms with E-state index in [4.69, 9.17) is 27.9 Å². The Balaban J connectivity index is 2.19. The second-order valence-corrected chi connectivity index (χ2v) is 4.84. The summed E-state index contributed by atoms with van der Waals surface area (Å²) < 4.78 is 5.15. The SMILES string of the molecule is COc1ccc(-c2c[nH]c3c(Cl)nccc23)cc1Cl. The highest BCUT2D eigenvalue weighted by atomic mass is 35.5. The van der Waals surface area contributed by atoms with Crippen LogP contribution in [0.2, 0.25) is 10.2 Å². The molecule has 2 heterocycles. The maximum absolute atomic E-state index is 6.16. The predicted molar refractivity (Wildman–Crippen MR) is 78.1 cm³/mol. The lowest BCUT2D eigenvalue weighted by Gasteiger charge is -2.05. The van der Waals surface area contributed by atoms with Crippen LogP contribution in [-0.4, -0.2) is 17.1 Å². The number of pyridine rings is 1. The summed E-state index contributed by atoms with van der Waals surface area (Å²) in [6.45, 7) is 0. The third kappa shape index (κ3) is 2.05. The van der Waals surface area contributed by atoms with Gasteiger partial charge in [-0.05, 0) is 23.8 Å². The molecule has 0 fully saturated rings. The first-order valence-electron chi connectivity index (χ1n) is 5.66. The Morgan fingerprint density at radius 1 is 1.21 bits per heavy atom. The van der Waals surface area contributed by atoms with E-state index in [0.717, 1.165) is 22.0 Å². The number of ether oxygens (including phenoxy) is 1. The molecule has 0 atom stereocenters. The quantitative estimate of drug-likeness (QED) is 0.704. The van der Waals surface area contributed by atoms with E-state index in [1.807, 2.05) is 30.5 Å². The summed E-state index contributed by atoms with van der Waals surface area (Å²) >= 11 is 12.2. The molecule has 0 spiro atoms. The van der Waals surface area contributed by atoms with E-state index in [1.54, 1.807) is 13.3 Å². The predicted octanol–water partition coefficient (Wildman–Crippen LogP) is 4.55. The number of methoxy groups -OCH3 is 1. The molecule has 0 saturated carbocycles. The minimum absolute atomic E-state index is 0.461. The molecule has 0 saturated heterocycles. The highest BCUT2D eigenvalue weighted by molar-refractivity contribution is 6.34. The number of benzene rings is 1. The molecule has 0 bridgehead atoms. The standard InChI is InChI=1S/C14H10Cl2N2O/c1-19-12-3-2-8(6-11(12)15)10-7-18-13-9(10)4-5-17-14(13)16/h2-7,18H,1H3. The maximum atomic E-state index is 6.16. The van der Waals surface area contributed by atoms with E-state index in [-0.39, 0.29) is 0 Å². The van der Waals surface area contributed by atoms with Crippen molar-refractivity contribution in [1.29, 1.82) is 0 Å². The van der Waals surface area contributed by atoms with Crippen LogP contribution in [0.4, 0.5) is 0 Å². The summed E-state index contributed by atoms with van der Waals surface area (Å²) in [4.78, 5) is 7.18. The van der Waals surface area contributed by atoms with Gasteiger partial charge >= 0.3 is 0 Å². The topological polar surface area (TPSA) is 37.9 Å². The normalized spacial score (nSPS) is 10.9. The molecule has 0 aliphatic heterocycles. The lowest BCUT2D eigenvalue weighted by atomic mass is 10.1. The molecule has 2 aromatic heterocycles. The smallest absolute Gasteiger partial charge is 0.153 e. The highest BCUT2D eigenvalue weighted by Gasteiger charge is 2.10. The molecule has 0 radical (unpaired) electrons. The fraction of sp³-hybridized carbons (Fsp3) is 0.0714. The molecule has 0 unspecified atom stereocenters. The van der Waals surface area contributed by atoms with Gasteiger partial charge in [-0.15, -0.1) is 0 Å². The van der Waals surface area contributed by atoms with Gasteiger partial charge in [0.25, 0.3) is 0 Å². The number of nitrogens with one attached hydrogen (secondary N) is 1. The second kappa shape index (κ2) is 4.76. The summed E-state index contributed by atoms with van der Waals surface area (Å²) in [6.07, 6.45) is 3.59. The van der Waals surface area contributed by atoms with E-state index in [0.29, 0.717) is 15.9 Å². The third-order valence-electron chi connectivity index (χ3n) is 3.02. The zero-order valence-electron chi connectivity index (χ0n) is 10.1. The van der Waals surface area contributed by atoms with Crippen LogP contribution in [0.1, 0.15) is 0 Å². The number of hydrogen-bond donors (Lipinski definition) is 1. The molecule has 0 amide bonds. The van der Waals surface area contributed by atoms with Crippen molar-refractivity contribution in [3.63, 3.8) is 0 Å². The van der Waals surface area contributed by atoms with Crippen molar-refractivity contribution in [2.75, 3.05) is 7.11 Å². The van der Waals surface area contributed by atoms with E-state index in [1.165, 1.54) is 0 Å². The molecule has 1 aromatic carbocycles. The van der Waals surface area contributed by atoms with Crippen LogP contribution in [0.15, 0.2) is 36.7 Å². The van der Waals surface area contributed by atoms with Crippen molar-refractivity contribution in [2.24, 2.45) is 0 Å². The molecule has 3 rings (SSSR count). The number of halogens is 2. The second-order valence-electron chi connectivity index (χ2n) is 4.08. The molecule has 3 nitrogen and oxygen atoms in total. The van der Waals surface area contributed by atoms with Gasteiger partial charge in [0, 0.05) is 23.3 Å². The summed E-state index contributed by atoms with van der Waals surface area (Å²) in [5, 5.41) is 2.05. The van der Waals surface area contributed by atoms with Crippen molar-refractivity contribution >= 4 is 34.1 Å². The number of aromatic amines is 1. The van der Waals surface area contributed by atoms with E-state index < -0.39 is 0 Å². The van der Waals surface area contributed by atoms with Crippen LogP contribution in [0.25, 0.3) is 22.0 Å². The molecule has 5 heteroatoms. The Kier molecular flexibility index (Phi) is 3.09. The van der Waals surface area contributed by atoms with Crippen LogP contribution in [0.5, 0.6) is 5.75 Å². The van der Waals surface area contributed by atoms with Crippen molar-refractivity contribution in [3.05, 3.63) is 46.8 Å². The van der Waals surface area contributed by atoms with Crippen molar-refractivity contribution < 1.29 is 4.74 Å². The first kappa shape index (κ1) is 12.3. The third-order valence-corrected chi connectivity index (χ3v) is 3.60. The zero-order chi connectivity index (χ0) is 13.4. The molecular weight excluding hydrogens is 283 g/mol. The fourth-order valence-corrected chi connectivity index (χ4v) is 2.56. The molecular formula is C14H10Cl2N2O. The molecule has 3 aromatic rings. The van der Waals surface area contributed by atoms with Gasteiger partial charge in [0.15, 0.2) is 5.15 Å². The molecule has 96 valence electrons. The average molecular weight is 293 g/mol. The highest BCUT2D eigenvalue weighted by Crippen LogP contribution is 2.35. The van der Waals surface area contributed by atoms with Gasteiger partial charge in [0.05, 0.1) is 17.6 Å². The minimum Gasteiger partial charge on any atom is -0.495 e. The van der Waals surface area contributed by atoms with Crippen LogP contribution in [0.3, 0.4) is 0 Å². The van der Waals surface area contributed by atoms with Crippen LogP contribution in [-0.2, 0) is 0 Å². The molecule has 1 N–H and O–H groups in total. The van der Waals surface area contributed by atoms with Gasteiger partial charge in [0.1, 0.15) is 5.75 Å². The van der Waals surface area contributed by atoms with Gasteiger partial charge in [-0.25, -0.2) is 4.98 Å². The first-order valence-corrected chi connectivity index (χ1v) is 6.42. The van der Waals surface area contributed by atoms with Gasteiger partial charge in [0.2, 0.25) is 0 Å². The Labute approximate surface area is 120 Å². The molecule has 0 aliphatic carbocycles. The van der Waals surface area contributed by atoms with Gasteiger partial charge < -0.3 is 9.72 Å². The maximum Gasteiger partial charge on any atom is 0.153 e. The Bertz CT molecular complexity index is 752. The lowest BCUT2D eigenvalue weighted by molar-refractivity contribution is 0.415. The van der Waals surface area contributed by atoms with Gasteiger partial charge in [-0.3, -0.25) is 0 Å². The Morgan fingerprint density at radius 2 is 2.05 bits per heavy atom. The monoisotopic (exact) mass is 292 g/mol. The van der Waals surface area contributed by atoms with Crippen LogP contribution < -0.4 is 4.74 Å². The summed E-state index contributed by atoms with van der Waals surface area (Å²) in [5.74, 6) is 0.657.